The predicted octanol–water partition coefficient (Wildman–Crippen LogP) is 6.79. The number of aryl methyl sites for hydroxylation is 1. The second-order valence-electron chi connectivity index (χ2n) is 10.7. The number of aromatic nitrogens is 2. The molecule has 0 aliphatic carbocycles. The standard InChI is InChI=1S/C29H39ClN2O3/c1-18(2)35-26-12-11-23(17-24(26)30)25(34)16-21(13-14-33)15-20-7-9-22(10-8-20)27-19(3)31-28(32-27)29(4,5)6/h7-12,17-18,21,25,33-34H,13-16H2,1-6H3,(H,31,32)/t21-,25?/m1/s1. The van der Waals surface area contributed by atoms with Crippen molar-refractivity contribution in [2.45, 2.75) is 78.4 Å². The number of aromatic amines is 1. The summed E-state index contributed by atoms with van der Waals surface area (Å²) in [6, 6.07) is 13.9. The van der Waals surface area contributed by atoms with Crippen LogP contribution >= 0.6 is 11.6 Å². The Morgan fingerprint density at radius 3 is 2.31 bits per heavy atom. The first kappa shape index (κ1) is 27.3. The van der Waals surface area contributed by atoms with Crippen molar-refractivity contribution in [3.05, 3.63) is 70.1 Å². The topological polar surface area (TPSA) is 78.4 Å². The molecule has 3 rings (SSSR count). The van der Waals surface area contributed by atoms with Gasteiger partial charge in [-0.05, 0) is 69.2 Å². The summed E-state index contributed by atoms with van der Waals surface area (Å²) >= 11 is 6.36. The third kappa shape index (κ3) is 7.33. The summed E-state index contributed by atoms with van der Waals surface area (Å²) in [5.74, 6) is 1.73. The van der Waals surface area contributed by atoms with E-state index < -0.39 is 6.10 Å². The van der Waals surface area contributed by atoms with Crippen LogP contribution in [-0.2, 0) is 11.8 Å². The molecule has 3 aromatic rings. The van der Waals surface area contributed by atoms with Gasteiger partial charge in [0, 0.05) is 23.3 Å². The molecule has 0 spiro atoms. The van der Waals surface area contributed by atoms with Gasteiger partial charge in [0.05, 0.1) is 22.9 Å². The molecule has 0 fully saturated rings. The quantitative estimate of drug-likeness (QED) is 0.287. The number of rotatable bonds is 10. The van der Waals surface area contributed by atoms with Gasteiger partial charge in [-0.25, -0.2) is 4.98 Å². The van der Waals surface area contributed by atoms with E-state index in [0.29, 0.717) is 23.6 Å². The van der Waals surface area contributed by atoms with E-state index in [1.807, 2.05) is 26.0 Å². The zero-order valence-electron chi connectivity index (χ0n) is 21.7. The molecule has 2 aromatic carbocycles. The minimum Gasteiger partial charge on any atom is -0.489 e. The van der Waals surface area contributed by atoms with Crippen molar-refractivity contribution in [3.63, 3.8) is 0 Å². The Labute approximate surface area is 214 Å². The average Bonchev–Trinajstić information content (AvgIpc) is 3.17. The summed E-state index contributed by atoms with van der Waals surface area (Å²) in [6.45, 7) is 12.5. The van der Waals surface area contributed by atoms with Gasteiger partial charge in [-0.15, -0.1) is 0 Å². The van der Waals surface area contributed by atoms with E-state index in [1.54, 1.807) is 6.07 Å². The molecule has 1 heterocycles. The molecular weight excluding hydrogens is 460 g/mol. The Bertz CT molecular complexity index is 1100. The van der Waals surface area contributed by atoms with Gasteiger partial charge < -0.3 is 19.9 Å². The fraction of sp³-hybridized carbons (Fsp3) is 0.483. The number of benzene rings is 2. The number of nitrogens with zero attached hydrogens (tertiary/aromatic N) is 1. The SMILES string of the molecule is Cc1[nH]c(C(C)(C)C)nc1-c1ccc(C[C@@H](CCO)CC(O)c2ccc(OC(C)C)c(Cl)c2)cc1. The predicted molar refractivity (Wildman–Crippen MR) is 143 cm³/mol. The van der Waals surface area contributed by atoms with Crippen LogP contribution in [0.5, 0.6) is 5.75 Å². The van der Waals surface area contributed by atoms with Gasteiger partial charge in [0.25, 0.3) is 0 Å². The lowest BCUT2D eigenvalue weighted by atomic mass is 9.88. The van der Waals surface area contributed by atoms with E-state index in [-0.39, 0.29) is 24.0 Å². The fourth-order valence-corrected chi connectivity index (χ4v) is 4.47. The average molecular weight is 499 g/mol. The van der Waals surface area contributed by atoms with Gasteiger partial charge in [0.15, 0.2) is 0 Å². The second-order valence-corrected chi connectivity index (χ2v) is 11.1. The van der Waals surface area contributed by atoms with Crippen LogP contribution in [0.1, 0.15) is 76.2 Å². The summed E-state index contributed by atoms with van der Waals surface area (Å²) in [4.78, 5) is 8.25. The summed E-state index contributed by atoms with van der Waals surface area (Å²) in [7, 11) is 0. The first-order valence-corrected chi connectivity index (χ1v) is 12.8. The number of H-pyrrole nitrogens is 1. The highest BCUT2D eigenvalue weighted by Crippen LogP contribution is 2.33. The minimum absolute atomic E-state index is 0.0288. The lowest BCUT2D eigenvalue weighted by Crippen LogP contribution is -2.13. The van der Waals surface area contributed by atoms with Crippen LogP contribution in [0.2, 0.25) is 5.02 Å². The molecule has 0 aliphatic rings. The maximum atomic E-state index is 10.9. The first-order chi connectivity index (χ1) is 16.5. The number of ether oxygens (including phenoxy) is 1. The van der Waals surface area contributed by atoms with Gasteiger partial charge in [-0.2, -0.15) is 0 Å². The monoisotopic (exact) mass is 498 g/mol. The van der Waals surface area contributed by atoms with E-state index in [0.717, 1.165) is 34.8 Å². The van der Waals surface area contributed by atoms with Crippen LogP contribution in [0.4, 0.5) is 0 Å². The summed E-state index contributed by atoms with van der Waals surface area (Å²) in [5, 5.41) is 21.0. The molecule has 0 radical (unpaired) electrons. The number of aliphatic hydroxyl groups excluding tert-OH is 2. The molecule has 0 saturated carbocycles. The first-order valence-electron chi connectivity index (χ1n) is 12.4. The Hall–Kier alpha value is -2.34. The highest BCUT2D eigenvalue weighted by Gasteiger charge is 2.21. The maximum Gasteiger partial charge on any atom is 0.138 e. The molecule has 1 unspecified atom stereocenters. The van der Waals surface area contributed by atoms with Crippen LogP contribution in [0.3, 0.4) is 0 Å². The third-order valence-electron chi connectivity index (χ3n) is 6.14. The zero-order chi connectivity index (χ0) is 25.8. The van der Waals surface area contributed by atoms with E-state index in [4.69, 9.17) is 21.3 Å². The normalized spacial score (nSPS) is 13.8. The molecule has 3 N–H and O–H groups in total. The zero-order valence-corrected chi connectivity index (χ0v) is 22.5. The number of aliphatic hydroxyl groups is 2. The largest absolute Gasteiger partial charge is 0.489 e. The van der Waals surface area contributed by atoms with Crippen molar-refractivity contribution < 1.29 is 14.9 Å². The number of hydrogen-bond donors (Lipinski definition) is 3. The molecule has 35 heavy (non-hydrogen) atoms. The van der Waals surface area contributed by atoms with E-state index in [9.17, 15) is 10.2 Å². The van der Waals surface area contributed by atoms with Crippen molar-refractivity contribution in [3.8, 4) is 17.0 Å². The van der Waals surface area contributed by atoms with E-state index in [2.05, 4.69) is 56.9 Å². The number of halogens is 1. The maximum absolute atomic E-state index is 10.9. The van der Waals surface area contributed by atoms with Crippen LogP contribution in [0.25, 0.3) is 11.3 Å². The van der Waals surface area contributed by atoms with Crippen LogP contribution in [0.15, 0.2) is 42.5 Å². The highest BCUT2D eigenvalue weighted by atomic mass is 35.5. The van der Waals surface area contributed by atoms with Crippen LogP contribution < -0.4 is 4.74 Å². The molecule has 190 valence electrons. The summed E-state index contributed by atoms with van der Waals surface area (Å²) in [5.41, 5.74) is 5.01. The smallest absolute Gasteiger partial charge is 0.138 e. The fourth-order valence-electron chi connectivity index (χ4n) is 4.24. The minimum atomic E-state index is -0.668. The van der Waals surface area contributed by atoms with Crippen molar-refractivity contribution in [2.24, 2.45) is 5.92 Å². The van der Waals surface area contributed by atoms with Crippen LogP contribution in [0, 0.1) is 12.8 Å². The molecule has 0 amide bonds. The van der Waals surface area contributed by atoms with E-state index >= 15 is 0 Å². The number of nitrogens with one attached hydrogen (secondary N) is 1. The number of imidazole rings is 1. The van der Waals surface area contributed by atoms with Crippen LogP contribution in [-0.4, -0.2) is 32.9 Å². The van der Waals surface area contributed by atoms with Crippen molar-refractivity contribution in [2.75, 3.05) is 6.61 Å². The van der Waals surface area contributed by atoms with E-state index in [1.165, 1.54) is 5.56 Å². The molecular formula is C29H39ClN2O3. The van der Waals surface area contributed by atoms with Gasteiger partial charge >= 0.3 is 0 Å². The van der Waals surface area contributed by atoms with Gasteiger partial charge in [-0.1, -0.05) is 62.7 Å². The molecule has 0 bridgehead atoms. The lowest BCUT2D eigenvalue weighted by molar-refractivity contribution is 0.132. The van der Waals surface area contributed by atoms with Crippen molar-refractivity contribution in [1.29, 1.82) is 0 Å². The van der Waals surface area contributed by atoms with Gasteiger partial charge in [0.2, 0.25) is 0 Å². The molecule has 6 heteroatoms. The molecule has 1 aromatic heterocycles. The Morgan fingerprint density at radius 1 is 1.09 bits per heavy atom. The Balaban J connectivity index is 1.69. The second kappa shape index (κ2) is 11.6. The number of hydrogen-bond acceptors (Lipinski definition) is 4. The van der Waals surface area contributed by atoms with Gasteiger partial charge in [-0.3, -0.25) is 0 Å². The van der Waals surface area contributed by atoms with Crippen molar-refractivity contribution in [1.82, 2.24) is 9.97 Å². The molecule has 0 aliphatic heterocycles. The molecule has 0 saturated heterocycles. The molecule has 5 nitrogen and oxygen atoms in total. The van der Waals surface area contributed by atoms with Crippen molar-refractivity contribution >= 4 is 11.6 Å². The third-order valence-corrected chi connectivity index (χ3v) is 6.44. The summed E-state index contributed by atoms with van der Waals surface area (Å²) in [6.07, 6.45) is 1.29. The molecule has 2 atom stereocenters. The lowest BCUT2D eigenvalue weighted by Gasteiger charge is -2.21. The Kier molecular flexibility index (Phi) is 9.03. The highest BCUT2D eigenvalue weighted by molar-refractivity contribution is 6.32. The van der Waals surface area contributed by atoms with Gasteiger partial charge in [0.1, 0.15) is 11.6 Å². The summed E-state index contributed by atoms with van der Waals surface area (Å²) < 4.78 is 5.69. The Morgan fingerprint density at radius 2 is 1.77 bits per heavy atom.